The minimum atomic E-state index is -0.708. The highest BCUT2D eigenvalue weighted by atomic mass is 16.5. The Kier molecular flexibility index (Phi) is 4.22. The Labute approximate surface area is 108 Å². The maximum absolute atomic E-state index is 10.2. The zero-order valence-corrected chi connectivity index (χ0v) is 11.0. The van der Waals surface area contributed by atoms with Crippen molar-refractivity contribution >= 4 is 0 Å². The van der Waals surface area contributed by atoms with Gasteiger partial charge in [0.2, 0.25) is 0 Å². The van der Waals surface area contributed by atoms with Crippen LogP contribution in [0.1, 0.15) is 24.9 Å². The number of ether oxygens (including phenoxy) is 2. The summed E-state index contributed by atoms with van der Waals surface area (Å²) < 4.78 is 10.4. The second kappa shape index (κ2) is 5.69. The first kappa shape index (κ1) is 13.3. The standard InChI is InChI=1S/C14H21NO3/c1-11(12-3-5-13(17-2)6-4-12)15-9-14(16)7-8-18-10-14/h3-6,11,15-16H,7-10H2,1-2H3. The fourth-order valence-corrected chi connectivity index (χ4v) is 2.09. The van der Waals surface area contributed by atoms with Crippen LogP contribution in [0.4, 0.5) is 0 Å². The number of hydrogen-bond donors (Lipinski definition) is 2. The lowest BCUT2D eigenvalue weighted by Gasteiger charge is -2.24. The predicted molar refractivity (Wildman–Crippen MR) is 69.8 cm³/mol. The molecule has 0 bridgehead atoms. The largest absolute Gasteiger partial charge is 0.497 e. The van der Waals surface area contributed by atoms with Gasteiger partial charge in [-0.1, -0.05) is 12.1 Å². The van der Waals surface area contributed by atoms with Gasteiger partial charge in [0.05, 0.1) is 13.7 Å². The molecule has 18 heavy (non-hydrogen) atoms. The maximum atomic E-state index is 10.2. The fraction of sp³-hybridized carbons (Fsp3) is 0.571. The highest BCUT2D eigenvalue weighted by Gasteiger charge is 2.32. The van der Waals surface area contributed by atoms with E-state index in [9.17, 15) is 5.11 Å². The average Bonchev–Trinajstić information content (AvgIpc) is 2.83. The van der Waals surface area contributed by atoms with Gasteiger partial charge in [-0.05, 0) is 24.6 Å². The van der Waals surface area contributed by atoms with E-state index in [1.54, 1.807) is 7.11 Å². The summed E-state index contributed by atoms with van der Waals surface area (Å²) in [5, 5.41) is 13.5. The van der Waals surface area contributed by atoms with Gasteiger partial charge in [-0.2, -0.15) is 0 Å². The van der Waals surface area contributed by atoms with Crippen molar-refractivity contribution in [2.45, 2.75) is 25.0 Å². The quantitative estimate of drug-likeness (QED) is 0.832. The predicted octanol–water partition coefficient (Wildman–Crippen LogP) is 1.50. The van der Waals surface area contributed by atoms with E-state index in [2.05, 4.69) is 12.2 Å². The van der Waals surface area contributed by atoms with Crippen LogP contribution in [0.25, 0.3) is 0 Å². The molecule has 100 valence electrons. The van der Waals surface area contributed by atoms with Crippen molar-refractivity contribution in [3.05, 3.63) is 29.8 Å². The lowest BCUT2D eigenvalue weighted by Crippen LogP contribution is -2.41. The van der Waals surface area contributed by atoms with Crippen LogP contribution >= 0.6 is 0 Å². The van der Waals surface area contributed by atoms with Crippen molar-refractivity contribution in [3.8, 4) is 5.75 Å². The van der Waals surface area contributed by atoms with E-state index in [4.69, 9.17) is 9.47 Å². The number of hydrogen-bond acceptors (Lipinski definition) is 4. The van der Waals surface area contributed by atoms with E-state index in [0.717, 1.165) is 5.75 Å². The molecule has 1 aromatic carbocycles. The second-order valence-corrected chi connectivity index (χ2v) is 4.90. The third-order valence-corrected chi connectivity index (χ3v) is 3.44. The topological polar surface area (TPSA) is 50.7 Å². The molecule has 1 aliphatic heterocycles. The van der Waals surface area contributed by atoms with Crippen LogP contribution < -0.4 is 10.1 Å². The van der Waals surface area contributed by atoms with E-state index >= 15 is 0 Å². The summed E-state index contributed by atoms with van der Waals surface area (Å²) in [6, 6.07) is 8.15. The van der Waals surface area contributed by atoms with Crippen LogP contribution in [-0.4, -0.2) is 37.6 Å². The van der Waals surface area contributed by atoms with E-state index in [1.807, 2.05) is 24.3 Å². The Hall–Kier alpha value is -1.10. The summed E-state index contributed by atoms with van der Waals surface area (Å²) in [7, 11) is 1.66. The molecule has 4 heteroatoms. The van der Waals surface area contributed by atoms with Crippen LogP contribution in [0.2, 0.25) is 0 Å². The lowest BCUT2D eigenvalue weighted by molar-refractivity contribution is 0.0252. The molecule has 0 spiro atoms. The smallest absolute Gasteiger partial charge is 0.118 e. The molecule has 0 radical (unpaired) electrons. The molecular formula is C14H21NO3. The van der Waals surface area contributed by atoms with Gasteiger partial charge in [0.1, 0.15) is 11.4 Å². The third kappa shape index (κ3) is 3.22. The first-order chi connectivity index (χ1) is 8.63. The Morgan fingerprint density at radius 1 is 1.44 bits per heavy atom. The zero-order valence-electron chi connectivity index (χ0n) is 11.0. The molecule has 0 saturated carbocycles. The number of methoxy groups -OCH3 is 1. The molecule has 1 heterocycles. The number of benzene rings is 1. The summed E-state index contributed by atoms with van der Waals surface area (Å²) >= 11 is 0. The average molecular weight is 251 g/mol. The van der Waals surface area contributed by atoms with Gasteiger partial charge in [0, 0.05) is 25.6 Å². The minimum Gasteiger partial charge on any atom is -0.497 e. The van der Waals surface area contributed by atoms with Gasteiger partial charge in [0.25, 0.3) is 0 Å². The zero-order chi connectivity index (χ0) is 13.0. The Morgan fingerprint density at radius 2 is 2.17 bits per heavy atom. The molecule has 0 amide bonds. The number of aliphatic hydroxyl groups is 1. The molecule has 4 nitrogen and oxygen atoms in total. The third-order valence-electron chi connectivity index (χ3n) is 3.44. The van der Waals surface area contributed by atoms with E-state index in [1.165, 1.54) is 5.56 Å². The molecule has 0 aliphatic carbocycles. The molecule has 1 saturated heterocycles. The van der Waals surface area contributed by atoms with Crippen LogP contribution in [0.15, 0.2) is 24.3 Å². The molecule has 1 aliphatic rings. The van der Waals surface area contributed by atoms with Gasteiger partial charge in [-0.3, -0.25) is 0 Å². The van der Waals surface area contributed by atoms with E-state index < -0.39 is 5.60 Å². The van der Waals surface area contributed by atoms with Crippen LogP contribution in [0.5, 0.6) is 5.75 Å². The maximum Gasteiger partial charge on any atom is 0.118 e. The Balaban J connectivity index is 1.88. The monoisotopic (exact) mass is 251 g/mol. The lowest BCUT2D eigenvalue weighted by atomic mass is 10.0. The van der Waals surface area contributed by atoms with Gasteiger partial charge in [0.15, 0.2) is 0 Å². The van der Waals surface area contributed by atoms with Gasteiger partial charge < -0.3 is 19.9 Å². The number of nitrogens with one attached hydrogen (secondary N) is 1. The SMILES string of the molecule is COc1ccc(C(C)NCC2(O)CCOC2)cc1. The van der Waals surface area contributed by atoms with Crippen LogP contribution in [0, 0.1) is 0 Å². The van der Waals surface area contributed by atoms with Crippen molar-refractivity contribution in [2.75, 3.05) is 26.9 Å². The summed E-state index contributed by atoms with van der Waals surface area (Å²) in [6.45, 7) is 3.71. The van der Waals surface area contributed by atoms with Crippen molar-refractivity contribution in [3.63, 3.8) is 0 Å². The van der Waals surface area contributed by atoms with Gasteiger partial charge >= 0.3 is 0 Å². The second-order valence-electron chi connectivity index (χ2n) is 4.90. The van der Waals surface area contributed by atoms with Gasteiger partial charge in [-0.15, -0.1) is 0 Å². The minimum absolute atomic E-state index is 0.195. The fourth-order valence-electron chi connectivity index (χ4n) is 2.09. The van der Waals surface area contributed by atoms with Crippen LogP contribution in [0.3, 0.4) is 0 Å². The summed E-state index contributed by atoms with van der Waals surface area (Å²) in [4.78, 5) is 0. The highest BCUT2D eigenvalue weighted by Crippen LogP contribution is 2.20. The first-order valence-electron chi connectivity index (χ1n) is 6.30. The molecule has 2 N–H and O–H groups in total. The molecule has 2 rings (SSSR count). The Morgan fingerprint density at radius 3 is 2.72 bits per heavy atom. The summed E-state index contributed by atoms with van der Waals surface area (Å²) in [5.74, 6) is 0.855. The molecule has 2 unspecified atom stereocenters. The van der Waals surface area contributed by atoms with Crippen LogP contribution in [-0.2, 0) is 4.74 Å². The first-order valence-corrected chi connectivity index (χ1v) is 6.30. The Bertz CT molecular complexity index is 371. The molecule has 1 fully saturated rings. The van der Waals surface area contributed by atoms with Crippen molar-refractivity contribution in [1.29, 1.82) is 0 Å². The highest BCUT2D eigenvalue weighted by molar-refractivity contribution is 5.28. The molecular weight excluding hydrogens is 230 g/mol. The summed E-state index contributed by atoms with van der Waals surface area (Å²) in [5.41, 5.74) is 0.471. The summed E-state index contributed by atoms with van der Waals surface area (Å²) in [6.07, 6.45) is 0.704. The molecule has 2 atom stereocenters. The van der Waals surface area contributed by atoms with Crippen molar-refractivity contribution in [1.82, 2.24) is 5.32 Å². The van der Waals surface area contributed by atoms with E-state index in [-0.39, 0.29) is 6.04 Å². The molecule has 0 aromatic heterocycles. The van der Waals surface area contributed by atoms with Crippen molar-refractivity contribution < 1.29 is 14.6 Å². The van der Waals surface area contributed by atoms with Crippen molar-refractivity contribution in [2.24, 2.45) is 0 Å². The molecule has 1 aromatic rings. The van der Waals surface area contributed by atoms with Gasteiger partial charge in [-0.25, -0.2) is 0 Å². The number of rotatable bonds is 5. The normalized spacial score (nSPS) is 25.1. The van der Waals surface area contributed by atoms with E-state index in [0.29, 0.717) is 26.2 Å².